The lowest BCUT2D eigenvalue weighted by atomic mass is 9.88. The molecular formula is C20H27NO4. The lowest BCUT2D eigenvalue weighted by molar-refractivity contribution is -0.146. The average Bonchev–Trinajstić information content (AvgIpc) is 2.60. The van der Waals surface area contributed by atoms with Crippen molar-refractivity contribution in [1.82, 2.24) is 0 Å². The highest BCUT2D eigenvalue weighted by Gasteiger charge is 2.37. The summed E-state index contributed by atoms with van der Waals surface area (Å²) in [5.41, 5.74) is 1.36. The second-order valence-corrected chi connectivity index (χ2v) is 6.47. The monoisotopic (exact) mass is 345 g/mol. The quantitative estimate of drug-likeness (QED) is 0.409. The van der Waals surface area contributed by atoms with Gasteiger partial charge in [-0.2, -0.15) is 0 Å². The fourth-order valence-electron chi connectivity index (χ4n) is 3.34. The van der Waals surface area contributed by atoms with Gasteiger partial charge in [-0.1, -0.05) is 26.0 Å². The van der Waals surface area contributed by atoms with Crippen molar-refractivity contribution in [2.24, 2.45) is 5.92 Å². The van der Waals surface area contributed by atoms with Crippen molar-refractivity contribution in [3.63, 3.8) is 0 Å². The summed E-state index contributed by atoms with van der Waals surface area (Å²) in [7, 11) is 0. The number of para-hydroxylation sites is 1. The molecule has 0 aliphatic carbocycles. The van der Waals surface area contributed by atoms with E-state index in [-0.39, 0.29) is 23.8 Å². The van der Waals surface area contributed by atoms with Crippen LogP contribution in [0.1, 0.15) is 63.2 Å². The summed E-state index contributed by atoms with van der Waals surface area (Å²) in [4.78, 5) is 38.0. The van der Waals surface area contributed by atoms with Gasteiger partial charge in [0.2, 0.25) is 5.91 Å². The smallest absolute Gasteiger partial charge is 0.302 e. The number of hydrogen-bond acceptors (Lipinski definition) is 4. The number of esters is 1. The van der Waals surface area contributed by atoms with Crippen LogP contribution in [0.15, 0.2) is 24.3 Å². The molecule has 0 N–H and O–H groups in total. The molecule has 1 amide bonds. The van der Waals surface area contributed by atoms with Crippen LogP contribution in [0.5, 0.6) is 0 Å². The van der Waals surface area contributed by atoms with E-state index in [4.69, 9.17) is 4.74 Å². The van der Waals surface area contributed by atoms with Gasteiger partial charge in [0, 0.05) is 19.0 Å². The fraction of sp³-hybridized carbons (Fsp3) is 0.550. The Balaban J connectivity index is 2.01. The molecule has 136 valence electrons. The first-order valence-corrected chi connectivity index (χ1v) is 9.11. The Morgan fingerprint density at radius 1 is 1.20 bits per heavy atom. The maximum absolute atomic E-state index is 12.7. The SMILES string of the molecule is CCC(CCCCN1C(=O)C(CC)C(=O)c2ccccc21)OC(C)=O. The minimum absolute atomic E-state index is 0.0631. The molecule has 0 saturated heterocycles. The van der Waals surface area contributed by atoms with Gasteiger partial charge < -0.3 is 9.64 Å². The molecule has 1 aliphatic rings. The van der Waals surface area contributed by atoms with Gasteiger partial charge in [0.15, 0.2) is 5.78 Å². The number of unbranched alkanes of at least 4 members (excludes halogenated alkanes) is 1. The first kappa shape index (κ1) is 19.2. The normalized spacial score (nSPS) is 18.0. The van der Waals surface area contributed by atoms with Crippen LogP contribution in [0.25, 0.3) is 0 Å². The lowest BCUT2D eigenvalue weighted by Crippen LogP contribution is -2.44. The van der Waals surface area contributed by atoms with E-state index in [1.54, 1.807) is 11.0 Å². The van der Waals surface area contributed by atoms with Crippen LogP contribution < -0.4 is 4.90 Å². The van der Waals surface area contributed by atoms with Crippen LogP contribution in [0, 0.1) is 5.92 Å². The zero-order chi connectivity index (χ0) is 18.4. The van der Waals surface area contributed by atoms with Crippen molar-refractivity contribution in [2.75, 3.05) is 11.4 Å². The predicted octanol–water partition coefficient (Wildman–Crippen LogP) is 3.75. The molecule has 0 saturated carbocycles. The third-order valence-electron chi connectivity index (χ3n) is 4.69. The van der Waals surface area contributed by atoms with E-state index in [1.807, 2.05) is 32.0 Å². The van der Waals surface area contributed by atoms with Gasteiger partial charge in [0.25, 0.3) is 0 Å². The fourth-order valence-corrected chi connectivity index (χ4v) is 3.34. The first-order chi connectivity index (χ1) is 12.0. The van der Waals surface area contributed by atoms with E-state index in [2.05, 4.69) is 0 Å². The number of amides is 1. The van der Waals surface area contributed by atoms with E-state index in [9.17, 15) is 14.4 Å². The summed E-state index contributed by atoms with van der Waals surface area (Å²) in [5.74, 6) is -0.992. The van der Waals surface area contributed by atoms with Gasteiger partial charge in [-0.3, -0.25) is 14.4 Å². The molecule has 1 aromatic rings. The van der Waals surface area contributed by atoms with E-state index >= 15 is 0 Å². The average molecular weight is 345 g/mol. The molecule has 0 aromatic heterocycles. The molecule has 5 nitrogen and oxygen atoms in total. The maximum atomic E-state index is 12.7. The summed E-state index contributed by atoms with van der Waals surface area (Å²) >= 11 is 0. The van der Waals surface area contributed by atoms with Gasteiger partial charge >= 0.3 is 5.97 Å². The van der Waals surface area contributed by atoms with Crippen molar-refractivity contribution in [2.45, 2.75) is 59.0 Å². The Labute approximate surface area is 149 Å². The van der Waals surface area contributed by atoms with Crippen molar-refractivity contribution < 1.29 is 19.1 Å². The highest BCUT2D eigenvalue weighted by atomic mass is 16.5. The Kier molecular flexibility index (Phi) is 6.73. The molecule has 2 unspecified atom stereocenters. The summed E-state index contributed by atoms with van der Waals surface area (Å²) in [6.45, 7) is 5.87. The first-order valence-electron chi connectivity index (χ1n) is 9.11. The van der Waals surface area contributed by atoms with Crippen molar-refractivity contribution >= 4 is 23.3 Å². The van der Waals surface area contributed by atoms with E-state index in [1.165, 1.54) is 6.92 Å². The molecular weight excluding hydrogens is 318 g/mol. The van der Waals surface area contributed by atoms with Gasteiger partial charge in [0.1, 0.15) is 12.0 Å². The number of anilines is 1. The third kappa shape index (κ3) is 4.47. The standard InChI is InChI=1S/C20H27NO4/c1-4-15(25-14(3)22)10-8-9-13-21-18-12-7-6-11-17(18)19(23)16(5-2)20(21)24/h6-7,11-12,15-16H,4-5,8-10,13H2,1-3H3. The highest BCUT2D eigenvalue weighted by molar-refractivity contribution is 6.21. The molecule has 1 aliphatic heterocycles. The Hall–Kier alpha value is -2.17. The number of Topliss-reactive ketones (excluding diaryl/α,β-unsaturated/α-hetero) is 1. The van der Waals surface area contributed by atoms with Crippen LogP contribution in [0.3, 0.4) is 0 Å². The second kappa shape index (κ2) is 8.79. The topological polar surface area (TPSA) is 63.7 Å². The second-order valence-electron chi connectivity index (χ2n) is 6.47. The number of rotatable bonds is 8. The minimum atomic E-state index is -0.570. The van der Waals surface area contributed by atoms with E-state index in [0.717, 1.165) is 25.7 Å². The molecule has 2 atom stereocenters. The molecule has 1 heterocycles. The van der Waals surface area contributed by atoms with Crippen LogP contribution in [0.4, 0.5) is 5.69 Å². The van der Waals surface area contributed by atoms with Crippen LogP contribution in [-0.4, -0.2) is 30.3 Å². The largest absolute Gasteiger partial charge is 0.463 e. The molecule has 25 heavy (non-hydrogen) atoms. The zero-order valence-electron chi connectivity index (χ0n) is 15.3. The Morgan fingerprint density at radius 2 is 1.92 bits per heavy atom. The molecule has 0 radical (unpaired) electrons. The zero-order valence-corrected chi connectivity index (χ0v) is 15.3. The minimum Gasteiger partial charge on any atom is -0.463 e. The number of ketones is 1. The maximum Gasteiger partial charge on any atom is 0.302 e. The van der Waals surface area contributed by atoms with Crippen molar-refractivity contribution in [1.29, 1.82) is 0 Å². The number of hydrogen-bond donors (Lipinski definition) is 0. The number of benzene rings is 1. The number of nitrogens with zero attached hydrogens (tertiary/aromatic N) is 1. The van der Waals surface area contributed by atoms with Crippen LogP contribution >= 0.6 is 0 Å². The van der Waals surface area contributed by atoms with E-state index in [0.29, 0.717) is 24.2 Å². The third-order valence-corrected chi connectivity index (χ3v) is 4.69. The van der Waals surface area contributed by atoms with Crippen molar-refractivity contribution in [3.05, 3.63) is 29.8 Å². The highest BCUT2D eigenvalue weighted by Crippen LogP contribution is 2.32. The predicted molar refractivity (Wildman–Crippen MR) is 96.6 cm³/mol. The van der Waals surface area contributed by atoms with Gasteiger partial charge in [-0.15, -0.1) is 0 Å². The molecule has 1 aromatic carbocycles. The molecule has 5 heteroatoms. The molecule has 2 rings (SSSR count). The summed E-state index contributed by atoms with van der Waals surface area (Å²) in [5, 5.41) is 0. The van der Waals surface area contributed by atoms with Crippen LogP contribution in [-0.2, 0) is 14.3 Å². The summed E-state index contributed by atoms with van der Waals surface area (Å²) in [6, 6.07) is 7.33. The lowest BCUT2D eigenvalue weighted by Gasteiger charge is -2.33. The summed E-state index contributed by atoms with van der Waals surface area (Å²) in [6.07, 6.45) is 3.71. The van der Waals surface area contributed by atoms with Crippen LogP contribution in [0.2, 0.25) is 0 Å². The number of carbonyl (C=O) groups is 3. The van der Waals surface area contributed by atoms with Crippen molar-refractivity contribution in [3.8, 4) is 0 Å². The van der Waals surface area contributed by atoms with Gasteiger partial charge in [0.05, 0.1) is 5.69 Å². The van der Waals surface area contributed by atoms with Gasteiger partial charge in [-0.05, 0) is 44.2 Å². The molecule has 0 bridgehead atoms. The Morgan fingerprint density at radius 3 is 2.56 bits per heavy atom. The summed E-state index contributed by atoms with van der Waals surface area (Å²) < 4.78 is 5.25. The molecule has 0 spiro atoms. The number of ether oxygens (including phenoxy) is 1. The number of carbonyl (C=O) groups excluding carboxylic acids is 3. The van der Waals surface area contributed by atoms with Gasteiger partial charge in [-0.25, -0.2) is 0 Å². The Bertz CT molecular complexity index is 640. The molecule has 0 fully saturated rings. The van der Waals surface area contributed by atoms with E-state index < -0.39 is 5.92 Å². The number of fused-ring (bicyclic) bond motifs is 1.